The molecule has 1 saturated heterocycles. The summed E-state index contributed by atoms with van der Waals surface area (Å²) in [7, 11) is 0. The largest absolute Gasteiger partial charge is 0.394 e. The molecule has 26 heavy (non-hydrogen) atoms. The molecule has 2 aromatic rings. The van der Waals surface area contributed by atoms with Crippen molar-refractivity contribution in [1.82, 2.24) is 9.55 Å². The Balaban J connectivity index is 1.88. The normalized spacial score (nSPS) is 21.5. The number of aromatic amines is 1. The zero-order valence-electron chi connectivity index (χ0n) is 14.5. The number of anilines is 1. The van der Waals surface area contributed by atoms with Crippen LogP contribution in [0.1, 0.15) is 30.9 Å². The summed E-state index contributed by atoms with van der Waals surface area (Å²) < 4.78 is 16.5. The van der Waals surface area contributed by atoms with Crippen molar-refractivity contribution in [3.63, 3.8) is 0 Å². The molecular weight excluding hydrogens is 341 g/mol. The van der Waals surface area contributed by atoms with E-state index in [-0.39, 0.29) is 24.0 Å². The predicted molar refractivity (Wildman–Crippen MR) is 95.2 cm³/mol. The van der Waals surface area contributed by atoms with E-state index in [1.165, 1.54) is 6.07 Å². The van der Waals surface area contributed by atoms with Gasteiger partial charge in [-0.25, -0.2) is 9.18 Å². The molecule has 1 saturated carbocycles. The fourth-order valence-corrected chi connectivity index (χ4v) is 4.09. The van der Waals surface area contributed by atoms with Crippen molar-refractivity contribution in [3.05, 3.63) is 38.3 Å². The van der Waals surface area contributed by atoms with Crippen molar-refractivity contribution in [2.75, 3.05) is 24.6 Å². The molecule has 140 valence electrons. The molecule has 2 fully saturated rings. The first-order valence-electron chi connectivity index (χ1n) is 8.94. The van der Waals surface area contributed by atoms with E-state index >= 15 is 0 Å². The highest BCUT2D eigenvalue weighted by atomic mass is 19.1. The lowest BCUT2D eigenvalue weighted by molar-refractivity contribution is 0.0545. The van der Waals surface area contributed by atoms with Gasteiger partial charge >= 0.3 is 5.69 Å². The Morgan fingerprint density at radius 2 is 2.08 bits per heavy atom. The molecule has 0 bridgehead atoms. The van der Waals surface area contributed by atoms with Crippen LogP contribution in [-0.4, -0.2) is 45.6 Å². The number of benzene rings is 1. The smallest absolute Gasteiger partial charge is 0.329 e. The minimum atomic E-state index is -0.837. The Kier molecular flexibility index (Phi) is 4.11. The maximum atomic E-state index is 14.9. The van der Waals surface area contributed by atoms with Crippen LogP contribution in [0.15, 0.2) is 15.7 Å². The first-order chi connectivity index (χ1) is 12.4. The van der Waals surface area contributed by atoms with E-state index < -0.39 is 23.2 Å². The number of aromatic nitrogens is 2. The second kappa shape index (κ2) is 6.21. The van der Waals surface area contributed by atoms with E-state index in [1.54, 1.807) is 11.5 Å². The van der Waals surface area contributed by atoms with Gasteiger partial charge in [-0.2, -0.15) is 0 Å². The highest BCUT2D eigenvalue weighted by Crippen LogP contribution is 2.39. The molecule has 1 aromatic heterocycles. The van der Waals surface area contributed by atoms with Crippen molar-refractivity contribution in [2.45, 2.75) is 38.3 Å². The lowest BCUT2D eigenvalue weighted by Gasteiger charge is -2.24. The highest BCUT2D eigenvalue weighted by molar-refractivity contribution is 5.87. The minimum absolute atomic E-state index is 0.0430. The molecule has 1 aliphatic heterocycles. The lowest BCUT2D eigenvalue weighted by Crippen LogP contribution is -2.32. The van der Waals surface area contributed by atoms with Crippen molar-refractivity contribution >= 4 is 16.6 Å². The van der Waals surface area contributed by atoms with E-state index in [9.17, 15) is 19.1 Å². The van der Waals surface area contributed by atoms with Crippen molar-refractivity contribution in [3.8, 4) is 0 Å². The maximum absolute atomic E-state index is 14.9. The number of rotatable bonds is 4. The summed E-state index contributed by atoms with van der Waals surface area (Å²) >= 11 is 0. The number of aliphatic hydroxyl groups is 2. The Bertz CT molecular complexity index is 979. The molecule has 1 aliphatic carbocycles. The zero-order chi connectivity index (χ0) is 18.6. The third-order valence-corrected chi connectivity index (χ3v) is 5.57. The molecule has 8 heteroatoms. The van der Waals surface area contributed by atoms with Crippen LogP contribution >= 0.6 is 0 Å². The van der Waals surface area contributed by atoms with Crippen LogP contribution in [0.3, 0.4) is 0 Å². The molecule has 7 nitrogen and oxygen atoms in total. The van der Waals surface area contributed by atoms with Gasteiger partial charge in [0.25, 0.3) is 5.56 Å². The van der Waals surface area contributed by atoms with Crippen LogP contribution in [0.2, 0.25) is 0 Å². The Morgan fingerprint density at radius 3 is 2.73 bits per heavy atom. The first kappa shape index (κ1) is 17.2. The molecule has 2 unspecified atom stereocenters. The van der Waals surface area contributed by atoms with Crippen molar-refractivity contribution in [1.29, 1.82) is 0 Å². The van der Waals surface area contributed by atoms with Crippen LogP contribution < -0.4 is 16.1 Å². The molecule has 2 heterocycles. The summed E-state index contributed by atoms with van der Waals surface area (Å²) in [4.78, 5) is 28.6. The third-order valence-electron chi connectivity index (χ3n) is 5.57. The second-order valence-corrected chi connectivity index (χ2v) is 7.33. The summed E-state index contributed by atoms with van der Waals surface area (Å²) in [5.41, 5.74) is 0.383. The Hall–Kier alpha value is -2.19. The highest BCUT2D eigenvalue weighted by Gasteiger charge is 2.33. The van der Waals surface area contributed by atoms with Gasteiger partial charge in [-0.3, -0.25) is 14.3 Å². The van der Waals surface area contributed by atoms with Gasteiger partial charge in [0.1, 0.15) is 5.82 Å². The van der Waals surface area contributed by atoms with E-state index in [4.69, 9.17) is 5.11 Å². The summed E-state index contributed by atoms with van der Waals surface area (Å²) in [5, 5.41) is 19.2. The average Bonchev–Trinajstić information content (AvgIpc) is 3.32. The molecule has 4 rings (SSSR count). The summed E-state index contributed by atoms with van der Waals surface area (Å²) in [6.45, 7) is 2.37. The second-order valence-electron chi connectivity index (χ2n) is 7.33. The number of fused-ring (bicyclic) bond motifs is 1. The third kappa shape index (κ3) is 2.64. The fourth-order valence-electron chi connectivity index (χ4n) is 4.09. The summed E-state index contributed by atoms with van der Waals surface area (Å²) in [6.07, 6.45) is 1.53. The van der Waals surface area contributed by atoms with Gasteiger partial charge in [-0.15, -0.1) is 0 Å². The number of aliphatic hydroxyl groups excluding tert-OH is 2. The van der Waals surface area contributed by atoms with Crippen LogP contribution in [0, 0.1) is 18.7 Å². The molecule has 2 aliphatic rings. The summed E-state index contributed by atoms with van der Waals surface area (Å²) in [6, 6.07) is 1.24. The Labute approximate surface area is 148 Å². The van der Waals surface area contributed by atoms with Gasteiger partial charge in [0.05, 0.1) is 29.3 Å². The van der Waals surface area contributed by atoms with Gasteiger partial charge in [-0.05, 0) is 32.3 Å². The van der Waals surface area contributed by atoms with E-state index in [0.717, 1.165) is 12.8 Å². The monoisotopic (exact) mass is 363 g/mol. The van der Waals surface area contributed by atoms with Crippen molar-refractivity contribution < 1.29 is 14.6 Å². The van der Waals surface area contributed by atoms with Gasteiger partial charge in [0, 0.05) is 30.6 Å². The number of nitrogens with one attached hydrogen (secondary N) is 1. The average molecular weight is 363 g/mol. The quantitative estimate of drug-likeness (QED) is 0.741. The number of hydrogen-bond donors (Lipinski definition) is 3. The fraction of sp³-hybridized carbons (Fsp3) is 0.556. The number of hydrogen-bond acceptors (Lipinski definition) is 5. The maximum Gasteiger partial charge on any atom is 0.329 e. The zero-order valence-corrected chi connectivity index (χ0v) is 14.5. The van der Waals surface area contributed by atoms with Gasteiger partial charge in [-0.1, -0.05) is 0 Å². The molecule has 3 N–H and O–H groups in total. The molecule has 2 atom stereocenters. The number of H-pyrrole nitrogens is 1. The molecule has 1 aromatic carbocycles. The van der Waals surface area contributed by atoms with E-state index in [2.05, 4.69) is 4.98 Å². The standard InChI is InChI=1S/C18H22FN3O4/c1-9-15-12(17(25)20-18(26)22(15)11-2-3-11)6-13(19)16(9)21-5-4-10(7-21)14(24)8-23/h6,10-11,14,23-24H,2-5,7-8H2,1H3,(H,20,25,26). The van der Waals surface area contributed by atoms with Gasteiger partial charge in [0.15, 0.2) is 0 Å². The van der Waals surface area contributed by atoms with Crippen molar-refractivity contribution in [2.24, 2.45) is 5.92 Å². The number of aryl methyl sites for hydroxylation is 1. The van der Waals surface area contributed by atoms with Crippen LogP contribution in [-0.2, 0) is 0 Å². The molecule has 0 amide bonds. The van der Waals surface area contributed by atoms with Crippen LogP contribution in [0.4, 0.5) is 10.1 Å². The first-order valence-corrected chi connectivity index (χ1v) is 8.94. The Morgan fingerprint density at radius 1 is 1.35 bits per heavy atom. The van der Waals surface area contributed by atoms with E-state index in [1.807, 2.05) is 4.90 Å². The topological polar surface area (TPSA) is 98.6 Å². The summed E-state index contributed by atoms with van der Waals surface area (Å²) in [5.74, 6) is -0.653. The van der Waals surface area contributed by atoms with Gasteiger partial charge < -0.3 is 15.1 Å². The SMILES string of the molecule is Cc1c(N2CCC(C(O)CO)C2)c(F)cc2c(=O)[nH]c(=O)n(C3CC3)c12. The molecule has 0 spiro atoms. The lowest BCUT2D eigenvalue weighted by atomic mass is 10.0. The van der Waals surface area contributed by atoms with Crippen LogP contribution in [0.25, 0.3) is 10.9 Å². The number of nitrogens with zero attached hydrogens (tertiary/aromatic N) is 2. The predicted octanol–water partition coefficient (Wildman–Crippen LogP) is 0.652. The van der Waals surface area contributed by atoms with E-state index in [0.29, 0.717) is 36.3 Å². The molecular formula is C18H22FN3O4. The minimum Gasteiger partial charge on any atom is -0.394 e. The van der Waals surface area contributed by atoms with Gasteiger partial charge in [0.2, 0.25) is 0 Å². The number of halogens is 1. The molecule has 0 radical (unpaired) electrons. The van der Waals surface area contributed by atoms with Crippen LogP contribution in [0.5, 0.6) is 0 Å².